The highest BCUT2D eigenvalue weighted by molar-refractivity contribution is 7.10. The number of halogens is 1. The molecule has 0 radical (unpaired) electrons. The van der Waals surface area contributed by atoms with E-state index in [9.17, 15) is 9.90 Å². The van der Waals surface area contributed by atoms with Crippen LogP contribution in [0.2, 0.25) is 5.02 Å². The van der Waals surface area contributed by atoms with Gasteiger partial charge in [-0.2, -0.15) is 0 Å². The molecule has 1 amide bonds. The molecule has 0 saturated heterocycles. The molecule has 1 aromatic carbocycles. The van der Waals surface area contributed by atoms with Crippen molar-refractivity contribution in [3.05, 3.63) is 51.2 Å². The summed E-state index contributed by atoms with van der Waals surface area (Å²) in [5.74, 6) is -0.321. The zero-order valence-electron chi connectivity index (χ0n) is 10.6. The van der Waals surface area contributed by atoms with Gasteiger partial charge in [-0.25, -0.2) is 0 Å². The number of aromatic hydroxyl groups is 1. The number of hydrogen-bond donors (Lipinski definition) is 1. The van der Waals surface area contributed by atoms with Gasteiger partial charge in [0.2, 0.25) is 0 Å². The van der Waals surface area contributed by atoms with E-state index in [1.807, 2.05) is 24.4 Å². The standard InChI is InChI=1S/C14H14ClNO2S/c1-9(13-4-3-7-19-13)16(2)14(18)11-6-5-10(15)8-12(11)17/h3-9,17H,1-2H3. The van der Waals surface area contributed by atoms with Crippen molar-refractivity contribution in [1.82, 2.24) is 4.90 Å². The number of carbonyl (C=O) groups is 1. The SMILES string of the molecule is CC(c1cccs1)N(C)C(=O)c1ccc(Cl)cc1O. The summed E-state index contributed by atoms with van der Waals surface area (Å²) in [7, 11) is 1.72. The normalized spacial score (nSPS) is 12.2. The van der Waals surface area contributed by atoms with Crippen molar-refractivity contribution in [2.75, 3.05) is 7.05 Å². The second kappa shape index (κ2) is 5.63. The second-order valence-electron chi connectivity index (χ2n) is 4.27. The second-order valence-corrected chi connectivity index (χ2v) is 5.68. The molecule has 0 spiro atoms. The van der Waals surface area contributed by atoms with Gasteiger partial charge in [0, 0.05) is 16.9 Å². The predicted molar refractivity (Wildman–Crippen MR) is 77.9 cm³/mol. The molecular formula is C14H14ClNO2S. The summed E-state index contributed by atoms with van der Waals surface area (Å²) >= 11 is 7.36. The average Bonchev–Trinajstić information content (AvgIpc) is 2.90. The van der Waals surface area contributed by atoms with Crippen LogP contribution in [0.15, 0.2) is 35.7 Å². The van der Waals surface area contributed by atoms with Crippen molar-refractivity contribution in [2.24, 2.45) is 0 Å². The van der Waals surface area contributed by atoms with Crippen molar-refractivity contribution < 1.29 is 9.90 Å². The van der Waals surface area contributed by atoms with Crippen molar-refractivity contribution >= 4 is 28.8 Å². The lowest BCUT2D eigenvalue weighted by Crippen LogP contribution is -2.29. The van der Waals surface area contributed by atoms with Gasteiger partial charge in [0.25, 0.3) is 5.91 Å². The first-order valence-electron chi connectivity index (χ1n) is 5.79. The summed E-state index contributed by atoms with van der Waals surface area (Å²) in [5.41, 5.74) is 0.260. The first-order valence-corrected chi connectivity index (χ1v) is 7.05. The molecule has 0 fully saturated rings. The maximum Gasteiger partial charge on any atom is 0.257 e. The fourth-order valence-corrected chi connectivity index (χ4v) is 2.76. The third-order valence-electron chi connectivity index (χ3n) is 3.05. The lowest BCUT2D eigenvalue weighted by atomic mass is 10.1. The van der Waals surface area contributed by atoms with Crippen molar-refractivity contribution in [2.45, 2.75) is 13.0 Å². The molecule has 19 heavy (non-hydrogen) atoms. The Labute approximate surface area is 121 Å². The van der Waals surface area contributed by atoms with Crippen molar-refractivity contribution in [1.29, 1.82) is 0 Å². The summed E-state index contributed by atoms with van der Waals surface area (Å²) in [6.07, 6.45) is 0. The minimum atomic E-state index is -0.227. The van der Waals surface area contributed by atoms with Gasteiger partial charge in [-0.15, -0.1) is 11.3 Å². The predicted octanol–water partition coefficient (Wildman–Crippen LogP) is 3.94. The van der Waals surface area contributed by atoms with E-state index in [2.05, 4.69) is 0 Å². The Bertz CT molecular complexity index is 583. The molecule has 0 bridgehead atoms. The first-order chi connectivity index (χ1) is 9.00. The van der Waals surface area contributed by atoms with E-state index in [0.717, 1.165) is 4.88 Å². The third kappa shape index (κ3) is 2.91. The van der Waals surface area contributed by atoms with Crippen LogP contribution in [0.5, 0.6) is 5.75 Å². The Morgan fingerprint density at radius 1 is 1.42 bits per heavy atom. The maximum absolute atomic E-state index is 12.3. The fourth-order valence-electron chi connectivity index (χ4n) is 1.77. The lowest BCUT2D eigenvalue weighted by Gasteiger charge is -2.24. The van der Waals surface area contributed by atoms with Crippen LogP contribution in [0, 0.1) is 0 Å². The molecule has 1 heterocycles. The maximum atomic E-state index is 12.3. The number of thiophene rings is 1. The monoisotopic (exact) mass is 295 g/mol. The van der Waals surface area contributed by atoms with Crippen LogP contribution in [-0.2, 0) is 0 Å². The van der Waals surface area contributed by atoms with Crippen LogP contribution in [0.25, 0.3) is 0 Å². The Balaban J connectivity index is 2.24. The lowest BCUT2D eigenvalue weighted by molar-refractivity contribution is 0.0742. The number of phenols is 1. The molecule has 0 aliphatic rings. The third-order valence-corrected chi connectivity index (χ3v) is 4.32. The number of amides is 1. The number of rotatable bonds is 3. The van der Waals surface area contributed by atoms with Gasteiger partial charge in [0.1, 0.15) is 5.75 Å². The molecule has 0 aliphatic heterocycles. The summed E-state index contributed by atoms with van der Waals surface area (Å²) in [6, 6.07) is 8.41. The highest BCUT2D eigenvalue weighted by Crippen LogP contribution is 2.28. The summed E-state index contributed by atoms with van der Waals surface area (Å²) in [6.45, 7) is 1.96. The topological polar surface area (TPSA) is 40.5 Å². The summed E-state index contributed by atoms with van der Waals surface area (Å²) < 4.78 is 0. The number of nitrogens with zero attached hydrogens (tertiary/aromatic N) is 1. The average molecular weight is 296 g/mol. The molecule has 1 unspecified atom stereocenters. The molecule has 0 saturated carbocycles. The van der Waals surface area contributed by atoms with Crippen LogP contribution >= 0.6 is 22.9 Å². The van der Waals surface area contributed by atoms with Gasteiger partial charge in [-0.3, -0.25) is 4.79 Å². The minimum Gasteiger partial charge on any atom is -0.507 e. The zero-order chi connectivity index (χ0) is 14.0. The summed E-state index contributed by atoms with van der Waals surface area (Å²) in [5, 5.41) is 12.2. The van der Waals surface area contributed by atoms with Crippen LogP contribution in [0.1, 0.15) is 28.2 Å². The van der Waals surface area contributed by atoms with Crippen molar-refractivity contribution in [3.63, 3.8) is 0 Å². The van der Waals surface area contributed by atoms with Gasteiger partial charge in [-0.05, 0) is 36.6 Å². The van der Waals surface area contributed by atoms with Crippen molar-refractivity contribution in [3.8, 4) is 5.75 Å². The van der Waals surface area contributed by atoms with Gasteiger partial charge in [0.15, 0.2) is 0 Å². The minimum absolute atomic E-state index is 0.0393. The molecule has 2 aromatic rings. The first kappa shape index (κ1) is 13.9. The molecule has 2 rings (SSSR count). The highest BCUT2D eigenvalue weighted by atomic mass is 35.5. The molecule has 0 aliphatic carbocycles. The van der Waals surface area contributed by atoms with E-state index in [-0.39, 0.29) is 23.3 Å². The molecule has 3 nitrogen and oxygen atoms in total. The largest absolute Gasteiger partial charge is 0.507 e. The number of benzene rings is 1. The van der Waals surface area contributed by atoms with E-state index in [0.29, 0.717) is 5.02 Å². The van der Waals surface area contributed by atoms with Crippen LogP contribution in [0.3, 0.4) is 0 Å². The van der Waals surface area contributed by atoms with Gasteiger partial charge >= 0.3 is 0 Å². The van der Waals surface area contributed by atoms with Crippen LogP contribution in [0.4, 0.5) is 0 Å². The Hall–Kier alpha value is -1.52. The van der Waals surface area contributed by atoms with E-state index in [1.165, 1.54) is 12.1 Å². The number of carbonyl (C=O) groups excluding carboxylic acids is 1. The zero-order valence-corrected chi connectivity index (χ0v) is 12.2. The Kier molecular flexibility index (Phi) is 4.12. The molecule has 1 aromatic heterocycles. The van der Waals surface area contributed by atoms with E-state index < -0.39 is 0 Å². The number of hydrogen-bond acceptors (Lipinski definition) is 3. The Morgan fingerprint density at radius 3 is 2.74 bits per heavy atom. The fraction of sp³-hybridized carbons (Fsp3) is 0.214. The van der Waals surface area contributed by atoms with Crippen LogP contribution in [-0.4, -0.2) is 23.0 Å². The number of phenolic OH excluding ortho intramolecular Hbond substituents is 1. The van der Waals surface area contributed by atoms with Gasteiger partial charge < -0.3 is 10.0 Å². The highest BCUT2D eigenvalue weighted by Gasteiger charge is 2.21. The molecule has 1 atom stereocenters. The molecule has 100 valence electrons. The van der Waals surface area contributed by atoms with Gasteiger partial charge in [0.05, 0.1) is 11.6 Å². The molecule has 1 N–H and O–H groups in total. The summed E-state index contributed by atoms with van der Waals surface area (Å²) in [4.78, 5) is 15.0. The van der Waals surface area contributed by atoms with E-state index in [1.54, 1.807) is 29.4 Å². The quantitative estimate of drug-likeness (QED) is 0.932. The molecular weight excluding hydrogens is 282 g/mol. The van der Waals surface area contributed by atoms with Gasteiger partial charge in [-0.1, -0.05) is 17.7 Å². The Morgan fingerprint density at radius 2 is 2.16 bits per heavy atom. The smallest absolute Gasteiger partial charge is 0.257 e. The van der Waals surface area contributed by atoms with E-state index >= 15 is 0 Å². The van der Waals surface area contributed by atoms with Crippen LogP contribution < -0.4 is 0 Å². The van der Waals surface area contributed by atoms with E-state index in [4.69, 9.17) is 11.6 Å². The molecule has 5 heteroatoms.